The molecular formula is C20H22FN5O3S. The molecule has 1 aliphatic heterocycles. The second kappa shape index (κ2) is 8.50. The number of fused-ring (bicyclic) bond motifs is 1. The predicted octanol–water partition coefficient (Wildman–Crippen LogP) is 2.60. The number of aromatic nitrogens is 2. The molecule has 4 rings (SSSR count). The summed E-state index contributed by atoms with van der Waals surface area (Å²) in [6, 6.07) is 8.62. The van der Waals surface area contributed by atoms with E-state index in [9.17, 15) is 19.4 Å². The highest BCUT2D eigenvalue weighted by Gasteiger charge is 2.25. The number of para-hydroxylation sites is 1. The maximum absolute atomic E-state index is 14.5. The van der Waals surface area contributed by atoms with Crippen molar-refractivity contribution in [3.05, 3.63) is 47.9 Å². The first kappa shape index (κ1) is 20.5. The highest BCUT2D eigenvalue weighted by Crippen LogP contribution is 2.26. The molecule has 0 bridgehead atoms. The Labute approximate surface area is 176 Å². The third-order valence-electron chi connectivity index (χ3n) is 5.02. The normalized spacial score (nSPS) is 16.5. The van der Waals surface area contributed by atoms with E-state index in [0.29, 0.717) is 31.3 Å². The van der Waals surface area contributed by atoms with Gasteiger partial charge in [-0.1, -0.05) is 23.5 Å². The van der Waals surface area contributed by atoms with Crippen molar-refractivity contribution in [1.82, 2.24) is 14.9 Å². The van der Waals surface area contributed by atoms with E-state index in [0.717, 1.165) is 10.2 Å². The molecule has 0 spiro atoms. The van der Waals surface area contributed by atoms with Gasteiger partial charge >= 0.3 is 6.03 Å². The molecule has 2 atom stereocenters. The molecule has 1 fully saturated rings. The molecule has 1 aliphatic rings. The van der Waals surface area contributed by atoms with Crippen molar-refractivity contribution in [1.29, 1.82) is 0 Å². The molecule has 2 amide bonds. The van der Waals surface area contributed by atoms with Crippen LogP contribution in [0.1, 0.15) is 18.6 Å². The van der Waals surface area contributed by atoms with Crippen LogP contribution in [0.4, 0.5) is 20.1 Å². The van der Waals surface area contributed by atoms with Gasteiger partial charge < -0.3 is 20.0 Å². The van der Waals surface area contributed by atoms with Crippen molar-refractivity contribution < 1.29 is 19.4 Å². The van der Waals surface area contributed by atoms with E-state index < -0.39 is 18.0 Å². The fourth-order valence-corrected chi connectivity index (χ4v) is 4.19. The second-order valence-corrected chi connectivity index (χ2v) is 8.18. The number of piperazine rings is 1. The van der Waals surface area contributed by atoms with Crippen LogP contribution in [0.15, 0.2) is 36.5 Å². The van der Waals surface area contributed by atoms with Gasteiger partial charge in [-0.15, -0.1) is 0 Å². The van der Waals surface area contributed by atoms with Crippen LogP contribution in [0.2, 0.25) is 0 Å². The third kappa shape index (κ3) is 4.20. The average Bonchev–Trinajstić information content (AvgIpc) is 3.15. The highest BCUT2D eigenvalue weighted by molar-refractivity contribution is 7.22. The zero-order valence-electron chi connectivity index (χ0n) is 16.3. The average molecular weight is 431 g/mol. The number of pyridine rings is 1. The summed E-state index contributed by atoms with van der Waals surface area (Å²) >= 11 is 1.42. The number of amides is 2. The topological polar surface area (TPSA) is 102 Å². The van der Waals surface area contributed by atoms with Gasteiger partial charge in [0.1, 0.15) is 6.10 Å². The number of thiazole rings is 1. The Morgan fingerprint density at radius 1 is 1.23 bits per heavy atom. The number of aliphatic hydroxyl groups excluding tert-OH is 2. The van der Waals surface area contributed by atoms with Crippen molar-refractivity contribution in [3.8, 4) is 0 Å². The van der Waals surface area contributed by atoms with Crippen molar-refractivity contribution >= 4 is 38.5 Å². The lowest BCUT2D eigenvalue weighted by Gasteiger charge is -2.35. The zero-order valence-corrected chi connectivity index (χ0v) is 17.1. The lowest BCUT2D eigenvalue weighted by atomic mass is 10.1. The number of hydrogen-bond donors (Lipinski definition) is 3. The Kier molecular flexibility index (Phi) is 5.80. The van der Waals surface area contributed by atoms with Gasteiger partial charge in [0.2, 0.25) is 0 Å². The molecule has 1 saturated heterocycles. The molecule has 0 aliphatic carbocycles. The lowest BCUT2D eigenvalue weighted by molar-refractivity contribution is 0.0301. The number of carbonyl (C=O) groups excluding carboxylic acids is 1. The summed E-state index contributed by atoms with van der Waals surface area (Å²) in [6.07, 6.45) is -0.846. The summed E-state index contributed by atoms with van der Waals surface area (Å²) in [7, 11) is 0. The van der Waals surface area contributed by atoms with Crippen molar-refractivity contribution in [2.75, 3.05) is 36.4 Å². The van der Waals surface area contributed by atoms with Gasteiger partial charge in [0, 0.05) is 37.9 Å². The molecule has 3 heterocycles. The van der Waals surface area contributed by atoms with Gasteiger partial charge in [0.15, 0.2) is 16.8 Å². The highest BCUT2D eigenvalue weighted by atomic mass is 32.1. The van der Waals surface area contributed by atoms with Gasteiger partial charge in [-0.3, -0.25) is 5.32 Å². The molecule has 30 heavy (non-hydrogen) atoms. The maximum atomic E-state index is 14.5. The summed E-state index contributed by atoms with van der Waals surface area (Å²) in [5.41, 5.74) is 1.06. The van der Waals surface area contributed by atoms with Gasteiger partial charge in [-0.25, -0.2) is 19.2 Å². The van der Waals surface area contributed by atoms with Crippen LogP contribution < -0.4 is 10.2 Å². The van der Waals surface area contributed by atoms with Crippen molar-refractivity contribution in [2.24, 2.45) is 0 Å². The van der Waals surface area contributed by atoms with Crippen LogP contribution in [0, 0.1) is 5.82 Å². The Hall–Kier alpha value is -2.82. The first-order valence-electron chi connectivity index (χ1n) is 9.60. The van der Waals surface area contributed by atoms with Gasteiger partial charge in [0.05, 0.1) is 16.3 Å². The summed E-state index contributed by atoms with van der Waals surface area (Å²) < 4.78 is 15.5. The molecule has 8 nitrogen and oxygen atoms in total. The molecule has 10 heteroatoms. The van der Waals surface area contributed by atoms with Crippen molar-refractivity contribution in [3.63, 3.8) is 0 Å². The number of urea groups is 1. The minimum absolute atomic E-state index is 0.169. The Morgan fingerprint density at radius 3 is 2.63 bits per heavy atom. The number of hydrogen-bond acceptors (Lipinski definition) is 7. The zero-order chi connectivity index (χ0) is 21.3. The summed E-state index contributed by atoms with van der Waals surface area (Å²) in [5, 5.41) is 22.7. The first-order chi connectivity index (χ1) is 14.4. The molecule has 3 aromatic rings. The molecule has 3 N–H and O–H groups in total. The summed E-state index contributed by atoms with van der Waals surface area (Å²) in [6.45, 7) is 3.10. The molecule has 158 valence electrons. The standard InChI is InChI=1S/C20H22FN5O3S/c1-12(27)17(28)13-10-14(21)18(22-11-13)25-6-8-26(9-7-25)20(29)24-19-23-15-4-2-3-5-16(15)30-19/h2-5,10-12,17,27-28H,6-9H2,1H3,(H,23,24,29)/t12-,17+/m1/s1. The Morgan fingerprint density at radius 2 is 1.97 bits per heavy atom. The molecule has 1 aromatic carbocycles. The third-order valence-corrected chi connectivity index (χ3v) is 5.97. The second-order valence-electron chi connectivity index (χ2n) is 7.15. The monoisotopic (exact) mass is 431 g/mol. The minimum atomic E-state index is -1.19. The van der Waals surface area contributed by atoms with Gasteiger partial charge in [0.25, 0.3) is 0 Å². The first-order valence-corrected chi connectivity index (χ1v) is 10.4. The lowest BCUT2D eigenvalue weighted by Crippen LogP contribution is -2.50. The number of anilines is 2. The van der Waals surface area contributed by atoms with E-state index in [1.54, 1.807) is 9.80 Å². The van der Waals surface area contributed by atoms with Gasteiger partial charge in [-0.05, 0) is 25.1 Å². The SMILES string of the molecule is C[C@@H](O)[C@H](O)c1cnc(N2CCN(C(=O)Nc3nc4ccccc4s3)CC2)c(F)c1. The number of benzene rings is 1. The molecule has 0 unspecified atom stereocenters. The van der Waals surface area contributed by atoms with Crippen LogP contribution in [0.25, 0.3) is 10.2 Å². The van der Waals surface area contributed by atoms with Crippen molar-refractivity contribution in [2.45, 2.75) is 19.1 Å². The predicted molar refractivity (Wildman–Crippen MR) is 113 cm³/mol. The van der Waals surface area contributed by atoms with E-state index in [1.165, 1.54) is 30.5 Å². The number of carbonyl (C=O) groups is 1. The number of nitrogens with zero attached hydrogens (tertiary/aromatic N) is 4. The number of aliphatic hydroxyl groups is 2. The molecular weight excluding hydrogens is 409 g/mol. The van der Waals surface area contributed by atoms with E-state index in [2.05, 4.69) is 15.3 Å². The fourth-order valence-electron chi connectivity index (χ4n) is 3.34. The minimum Gasteiger partial charge on any atom is -0.390 e. The number of halogens is 1. The largest absolute Gasteiger partial charge is 0.390 e. The summed E-state index contributed by atoms with van der Waals surface area (Å²) in [4.78, 5) is 24.5. The number of rotatable bonds is 4. The molecule has 2 aromatic heterocycles. The van der Waals surface area contributed by atoms with E-state index in [-0.39, 0.29) is 17.4 Å². The van der Waals surface area contributed by atoms with Crippen LogP contribution in [-0.2, 0) is 0 Å². The fraction of sp³-hybridized carbons (Fsp3) is 0.350. The summed E-state index contributed by atoms with van der Waals surface area (Å²) in [5.74, 6) is -0.401. The van der Waals surface area contributed by atoms with Crippen LogP contribution >= 0.6 is 11.3 Å². The smallest absolute Gasteiger partial charge is 0.323 e. The van der Waals surface area contributed by atoms with Crippen LogP contribution in [0.3, 0.4) is 0 Å². The van der Waals surface area contributed by atoms with Crippen LogP contribution in [-0.4, -0.2) is 63.4 Å². The Bertz CT molecular complexity index is 1020. The van der Waals surface area contributed by atoms with Crippen LogP contribution in [0.5, 0.6) is 0 Å². The maximum Gasteiger partial charge on any atom is 0.323 e. The number of nitrogens with one attached hydrogen (secondary N) is 1. The Balaban J connectivity index is 1.37. The van der Waals surface area contributed by atoms with E-state index >= 15 is 0 Å². The van der Waals surface area contributed by atoms with E-state index in [4.69, 9.17) is 0 Å². The quantitative estimate of drug-likeness (QED) is 0.587. The molecule has 0 saturated carbocycles. The van der Waals surface area contributed by atoms with E-state index in [1.807, 2.05) is 24.3 Å². The molecule has 0 radical (unpaired) electrons. The van der Waals surface area contributed by atoms with Gasteiger partial charge in [-0.2, -0.15) is 0 Å².